The van der Waals surface area contributed by atoms with Crippen LogP contribution in [0.15, 0.2) is 52.2 Å². The Kier molecular flexibility index (Phi) is 5.59. The highest BCUT2D eigenvalue weighted by atomic mass is 79.9. The molecule has 4 rings (SSSR count). The van der Waals surface area contributed by atoms with E-state index in [4.69, 9.17) is 9.47 Å². The highest BCUT2D eigenvalue weighted by Crippen LogP contribution is 2.31. The quantitative estimate of drug-likeness (QED) is 0.314. The van der Waals surface area contributed by atoms with Crippen molar-refractivity contribution in [1.82, 2.24) is 15.0 Å². The molecule has 0 aliphatic heterocycles. The van der Waals surface area contributed by atoms with Crippen LogP contribution in [0.1, 0.15) is 0 Å². The van der Waals surface area contributed by atoms with Crippen LogP contribution in [0.5, 0.6) is 11.5 Å². The van der Waals surface area contributed by atoms with Gasteiger partial charge < -0.3 is 19.8 Å². The van der Waals surface area contributed by atoms with Crippen LogP contribution < -0.4 is 14.8 Å². The number of hydrogen-bond donors (Lipinski definition) is 2. The van der Waals surface area contributed by atoms with Gasteiger partial charge in [0, 0.05) is 39.3 Å². The van der Waals surface area contributed by atoms with Gasteiger partial charge in [-0.25, -0.2) is 9.97 Å². The monoisotopic (exact) mass is 472 g/mol. The van der Waals surface area contributed by atoms with E-state index in [9.17, 15) is 4.79 Å². The van der Waals surface area contributed by atoms with Gasteiger partial charge in [-0.2, -0.15) is 0 Å². The number of aromatic nitrogens is 3. The number of ether oxygens (including phenoxy) is 2. The SMILES string of the molecule is COc1cc(NC(=O)CSc2ncnc3c2[nH]c2ccc(Br)cc23)cc(OC)c1. The summed E-state index contributed by atoms with van der Waals surface area (Å²) in [6, 6.07) is 11.2. The summed E-state index contributed by atoms with van der Waals surface area (Å²) in [6.07, 6.45) is 1.52. The summed E-state index contributed by atoms with van der Waals surface area (Å²) in [6.45, 7) is 0. The Bertz CT molecular complexity index is 1190. The number of carbonyl (C=O) groups excluding carboxylic acids is 1. The van der Waals surface area contributed by atoms with Crippen LogP contribution in [-0.4, -0.2) is 40.8 Å². The highest BCUT2D eigenvalue weighted by molar-refractivity contribution is 9.10. The number of H-pyrrole nitrogens is 1. The smallest absolute Gasteiger partial charge is 0.234 e. The molecule has 2 aromatic heterocycles. The topological polar surface area (TPSA) is 89.1 Å². The molecule has 0 fully saturated rings. The van der Waals surface area contributed by atoms with Crippen molar-refractivity contribution in [1.29, 1.82) is 0 Å². The summed E-state index contributed by atoms with van der Waals surface area (Å²) in [7, 11) is 3.13. The molecule has 7 nitrogen and oxygen atoms in total. The predicted molar refractivity (Wildman–Crippen MR) is 118 cm³/mol. The van der Waals surface area contributed by atoms with Gasteiger partial charge in [-0.3, -0.25) is 4.79 Å². The molecule has 0 radical (unpaired) electrons. The van der Waals surface area contributed by atoms with Crippen molar-refractivity contribution in [2.75, 3.05) is 25.3 Å². The van der Waals surface area contributed by atoms with Crippen LogP contribution in [0.2, 0.25) is 0 Å². The maximum Gasteiger partial charge on any atom is 0.234 e. The molecule has 4 aromatic rings. The number of nitrogens with one attached hydrogen (secondary N) is 2. The van der Waals surface area contributed by atoms with Crippen molar-refractivity contribution in [2.45, 2.75) is 5.03 Å². The molecule has 0 aliphatic carbocycles. The summed E-state index contributed by atoms with van der Waals surface area (Å²) in [5, 5.41) is 4.59. The van der Waals surface area contributed by atoms with E-state index >= 15 is 0 Å². The molecule has 1 amide bonds. The van der Waals surface area contributed by atoms with Crippen LogP contribution in [0.4, 0.5) is 5.69 Å². The molecule has 0 saturated carbocycles. The first-order valence-electron chi connectivity index (χ1n) is 8.65. The maximum atomic E-state index is 12.5. The van der Waals surface area contributed by atoms with Crippen molar-refractivity contribution >= 4 is 61.2 Å². The molecule has 0 atom stereocenters. The standard InChI is InChI=1S/C20H17BrN4O3S/c1-27-13-6-12(7-14(8-13)28-2)24-17(26)9-29-20-19-18(22-10-23-20)15-5-11(21)3-4-16(15)25-19/h3-8,10,25H,9H2,1-2H3,(H,24,26). The third-order valence-electron chi connectivity index (χ3n) is 4.28. The van der Waals surface area contributed by atoms with Gasteiger partial charge in [0.25, 0.3) is 0 Å². The number of fused-ring (bicyclic) bond motifs is 3. The van der Waals surface area contributed by atoms with Gasteiger partial charge in [0.15, 0.2) is 0 Å². The lowest BCUT2D eigenvalue weighted by molar-refractivity contribution is -0.113. The molecule has 0 bridgehead atoms. The Balaban J connectivity index is 1.52. The van der Waals surface area contributed by atoms with E-state index in [2.05, 4.69) is 36.2 Å². The second-order valence-corrected chi connectivity index (χ2v) is 8.04. The number of rotatable bonds is 6. The fraction of sp³-hybridized carbons (Fsp3) is 0.150. The molecule has 2 heterocycles. The first kappa shape index (κ1) is 19.5. The first-order valence-corrected chi connectivity index (χ1v) is 10.4. The lowest BCUT2D eigenvalue weighted by Gasteiger charge is -2.09. The molecule has 0 unspecified atom stereocenters. The number of aromatic amines is 1. The number of benzene rings is 2. The summed E-state index contributed by atoms with van der Waals surface area (Å²) in [5.41, 5.74) is 3.23. The van der Waals surface area contributed by atoms with E-state index in [1.807, 2.05) is 18.2 Å². The average molecular weight is 473 g/mol. The molecule has 29 heavy (non-hydrogen) atoms. The molecule has 0 spiro atoms. The number of nitrogens with zero attached hydrogens (tertiary/aromatic N) is 2. The van der Waals surface area contributed by atoms with E-state index in [0.717, 1.165) is 31.4 Å². The second-order valence-electron chi connectivity index (χ2n) is 6.16. The molecular formula is C20H17BrN4O3S. The van der Waals surface area contributed by atoms with Gasteiger partial charge >= 0.3 is 0 Å². The lowest BCUT2D eigenvalue weighted by atomic mass is 10.2. The number of amides is 1. The minimum absolute atomic E-state index is 0.157. The third kappa shape index (κ3) is 4.15. The normalized spacial score (nSPS) is 11.0. The number of thioether (sulfide) groups is 1. The number of hydrogen-bond acceptors (Lipinski definition) is 6. The molecule has 9 heteroatoms. The van der Waals surface area contributed by atoms with Crippen LogP contribution >= 0.6 is 27.7 Å². The van der Waals surface area contributed by atoms with Crippen LogP contribution in [0, 0.1) is 0 Å². The largest absolute Gasteiger partial charge is 0.497 e. The van der Waals surface area contributed by atoms with Crippen molar-refractivity contribution in [3.8, 4) is 11.5 Å². The molecule has 0 aliphatic rings. The third-order valence-corrected chi connectivity index (χ3v) is 5.77. The van der Waals surface area contributed by atoms with Gasteiger partial charge in [-0.05, 0) is 18.2 Å². The minimum Gasteiger partial charge on any atom is -0.497 e. The molecule has 2 N–H and O–H groups in total. The van der Waals surface area contributed by atoms with E-state index < -0.39 is 0 Å². The van der Waals surface area contributed by atoms with Crippen molar-refractivity contribution in [2.24, 2.45) is 0 Å². The highest BCUT2D eigenvalue weighted by Gasteiger charge is 2.13. The number of anilines is 1. The van der Waals surface area contributed by atoms with Gasteiger partial charge in [0.05, 0.1) is 25.5 Å². The van der Waals surface area contributed by atoms with Gasteiger partial charge in [-0.15, -0.1) is 0 Å². The van der Waals surface area contributed by atoms with Gasteiger partial charge in [0.1, 0.15) is 28.4 Å². The van der Waals surface area contributed by atoms with Crippen LogP contribution in [0.25, 0.3) is 21.9 Å². The fourth-order valence-corrected chi connectivity index (χ4v) is 4.08. The minimum atomic E-state index is -0.157. The predicted octanol–water partition coefficient (Wildman–Crippen LogP) is 4.62. The Hall–Kier alpha value is -2.78. The molecule has 2 aromatic carbocycles. The van der Waals surface area contributed by atoms with Crippen molar-refractivity contribution < 1.29 is 14.3 Å². The zero-order valence-electron chi connectivity index (χ0n) is 15.7. The first-order chi connectivity index (χ1) is 14.1. The van der Waals surface area contributed by atoms with Crippen LogP contribution in [0.3, 0.4) is 0 Å². The lowest BCUT2D eigenvalue weighted by Crippen LogP contribution is -2.14. The average Bonchev–Trinajstić information content (AvgIpc) is 3.10. The van der Waals surface area contributed by atoms with Gasteiger partial charge in [0.2, 0.25) is 5.91 Å². The van der Waals surface area contributed by atoms with Crippen LogP contribution in [-0.2, 0) is 4.79 Å². The molecule has 148 valence electrons. The van der Waals surface area contributed by atoms with Crippen molar-refractivity contribution in [3.63, 3.8) is 0 Å². The summed E-state index contributed by atoms with van der Waals surface area (Å²) >= 11 is 4.84. The molecular weight excluding hydrogens is 456 g/mol. The Morgan fingerprint density at radius 2 is 1.90 bits per heavy atom. The Morgan fingerprint density at radius 1 is 1.14 bits per heavy atom. The van der Waals surface area contributed by atoms with E-state index in [0.29, 0.717) is 17.2 Å². The van der Waals surface area contributed by atoms with E-state index in [1.54, 1.807) is 32.4 Å². The van der Waals surface area contributed by atoms with Crippen molar-refractivity contribution in [3.05, 3.63) is 47.2 Å². The zero-order chi connectivity index (χ0) is 20.4. The summed E-state index contributed by atoms with van der Waals surface area (Å²) < 4.78 is 11.4. The Labute approximate surface area is 179 Å². The number of methoxy groups -OCH3 is 2. The number of halogens is 1. The maximum absolute atomic E-state index is 12.5. The number of carbonyl (C=O) groups is 1. The van der Waals surface area contributed by atoms with E-state index in [1.165, 1.54) is 18.1 Å². The second kappa shape index (κ2) is 8.30. The Morgan fingerprint density at radius 3 is 2.62 bits per heavy atom. The molecule has 0 saturated heterocycles. The fourth-order valence-electron chi connectivity index (χ4n) is 2.96. The summed E-state index contributed by atoms with van der Waals surface area (Å²) in [4.78, 5) is 24.6. The van der Waals surface area contributed by atoms with E-state index in [-0.39, 0.29) is 11.7 Å². The zero-order valence-corrected chi connectivity index (χ0v) is 18.1. The van der Waals surface area contributed by atoms with Gasteiger partial charge in [-0.1, -0.05) is 27.7 Å². The summed E-state index contributed by atoms with van der Waals surface area (Å²) in [5.74, 6) is 1.25.